The van der Waals surface area contributed by atoms with Gasteiger partial charge in [-0.2, -0.15) is 5.26 Å². The lowest BCUT2D eigenvalue weighted by atomic mass is 10.1. The van der Waals surface area contributed by atoms with E-state index >= 15 is 0 Å². The maximum Gasteiger partial charge on any atom is 0.101 e. The lowest BCUT2D eigenvalue weighted by Crippen LogP contribution is -2.52. The van der Waals surface area contributed by atoms with Crippen molar-refractivity contribution in [3.05, 3.63) is 29.8 Å². The van der Waals surface area contributed by atoms with E-state index in [0.29, 0.717) is 0 Å². The molecule has 18 heavy (non-hydrogen) atoms. The molecule has 4 nitrogen and oxygen atoms in total. The van der Waals surface area contributed by atoms with Crippen LogP contribution >= 0.6 is 0 Å². The summed E-state index contributed by atoms with van der Waals surface area (Å²) in [6.45, 7) is 7.14. The maximum atomic E-state index is 9.12. The van der Waals surface area contributed by atoms with Gasteiger partial charge in [0, 0.05) is 32.7 Å². The van der Waals surface area contributed by atoms with Gasteiger partial charge < -0.3 is 4.90 Å². The number of piperazine rings is 1. The van der Waals surface area contributed by atoms with E-state index in [9.17, 15) is 0 Å². The number of hydrazine groups is 1. The molecular formula is C14H20N4. The summed E-state index contributed by atoms with van der Waals surface area (Å²) < 4.78 is 0. The summed E-state index contributed by atoms with van der Waals surface area (Å²) in [5.41, 5.74) is 5.25. The molecule has 0 unspecified atom stereocenters. The molecule has 96 valence electrons. The van der Waals surface area contributed by atoms with Gasteiger partial charge in [0.25, 0.3) is 0 Å². The standard InChI is InChI=1S/C14H20N4/c1-2-7-16-18-10-8-17(9-11-18)14-6-4-3-5-13(14)12-15/h3-6,16H,2,7-11H2,1H3. The number of hydrogen-bond donors (Lipinski definition) is 1. The Kier molecular flexibility index (Phi) is 4.57. The Balaban J connectivity index is 1.95. The second-order valence-electron chi connectivity index (χ2n) is 4.51. The molecule has 2 rings (SSSR count). The lowest BCUT2D eigenvalue weighted by Gasteiger charge is -2.36. The Hall–Kier alpha value is -1.57. The van der Waals surface area contributed by atoms with Crippen LogP contribution in [0.5, 0.6) is 0 Å². The SMILES string of the molecule is CCCNN1CCN(c2ccccc2C#N)CC1. The van der Waals surface area contributed by atoms with E-state index in [4.69, 9.17) is 5.26 Å². The molecule has 0 amide bonds. The van der Waals surface area contributed by atoms with Gasteiger partial charge in [0.2, 0.25) is 0 Å². The van der Waals surface area contributed by atoms with Crippen LogP contribution < -0.4 is 10.3 Å². The molecule has 0 aliphatic carbocycles. The molecule has 1 fully saturated rings. The highest BCUT2D eigenvalue weighted by Crippen LogP contribution is 2.20. The summed E-state index contributed by atoms with van der Waals surface area (Å²) in [7, 11) is 0. The molecule has 0 bridgehead atoms. The molecule has 0 aromatic heterocycles. The lowest BCUT2D eigenvalue weighted by molar-refractivity contribution is 0.177. The Morgan fingerprint density at radius 3 is 2.61 bits per heavy atom. The Bertz CT molecular complexity index is 416. The van der Waals surface area contributed by atoms with Crippen LogP contribution in [-0.4, -0.2) is 37.7 Å². The number of rotatable bonds is 4. The van der Waals surface area contributed by atoms with Gasteiger partial charge >= 0.3 is 0 Å². The number of nitrogens with zero attached hydrogens (tertiary/aromatic N) is 3. The van der Waals surface area contributed by atoms with Gasteiger partial charge in [-0.3, -0.25) is 5.43 Å². The maximum absolute atomic E-state index is 9.12. The van der Waals surface area contributed by atoms with Crippen LogP contribution in [0, 0.1) is 11.3 Å². The average Bonchev–Trinajstić information content (AvgIpc) is 2.45. The molecule has 1 N–H and O–H groups in total. The highest BCUT2D eigenvalue weighted by atomic mass is 15.5. The summed E-state index contributed by atoms with van der Waals surface area (Å²) in [5, 5.41) is 11.4. The summed E-state index contributed by atoms with van der Waals surface area (Å²) in [5.74, 6) is 0. The first kappa shape index (κ1) is 12.9. The van der Waals surface area contributed by atoms with Crippen LogP contribution in [0.15, 0.2) is 24.3 Å². The highest BCUT2D eigenvalue weighted by Gasteiger charge is 2.18. The minimum Gasteiger partial charge on any atom is -0.368 e. The first-order valence-corrected chi connectivity index (χ1v) is 6.57. The molecule has 1 aliphatic heterocycles. The van der Waals surface area contributed by atoms with Crippen molar-refractivity contribution in [1.29, 1.82) is 5.26 Å². The van der Waals surface area contributed by atoms with Gasteiger partial charge in [0.05, 0.1) is 11.3 Å². The van der Waals surface area contributed by atoms with E-state index in [1.54, 1.807) is 0 Å². The predicted octanol–water partition coefficient (Wildman–Crippen LogP) is 1.59. The second kappa shape index (κ2) is 6.39. The quantitative estimate of drug-likeness (QED) is 0.873. The monoisotopic (exact) mass is 244 g/mol. The van der Waals surface area contributed by atoms with Crippen molar-refractivity contribution in [2.45, 2.75) is 13.3 Å². The van der Waals surface area contributed by atoms with Crippen LogP contribution in [0.1, 0.15) is 18.9 Å². The zero-order chi connectivity index (χ0) is 12.8. The van der Waals surface area contributed by atoms with Crippen molar-refractivity contribution in [2.75, 3.05) is 37.6 Å². The molecule has 0 atom stereocenters. The zero-order valence-electron chi connectivity index (χ0n) is 10.9. The fourth-order valence-corrected chi connectivity index (χ4v) is 2.22. The highest BCUT2D eigenvalue weighted by molar-refractivity contribution is 5.59. The van der Waals surface area contributed by atoms with Crippen molar-refractivity contribution in [1.82, 2.24) is 10.4 Å². The smallest absolute Gasteiger partial charge is 0.101 e. The largest absolute Gasteiger partial charge is 0.368 e. The van der Waals surface area contributed by atoms with Gasteiger partial charge in [0.15, 0.2) is 0 Å². The first-order valence-electron chi connectivity index (χ1n) is 6.57. The van der Waals surface area contributed by atoms with E-state index in [1.165, 1.54) is 0 Å². The topological polar surface area (TPSA) is 42.3 Å². The van der Waals surface area contributed by atoms with Crippen LogP contribution in [0.2, 0.25) is 0 Å². The Morgan fingerprint density at radius 2 is 1.94 bits per heavy atom. The molecule has 1 aliphatic rings. The molecule has 1 saturated heterocycles. The molecule has 1 heterocycles. The summed E-state index contributed by atoms with van der Waals surface area (Å²) >= 11 is 0. The average molecular weight is 244 g/mol. The molecule has 0 spiro atoms. The molecule has 0 saturated carbocycles. The minimum absolute atomic E-state index is 0.771. The van der Waals surface area contributed by atoms with Gasteiger partial charge in [-0.05, 0) is 18.6 Å². The summed E-state index contributed by atoms with van der Waals surface area (Å²) in [6, 6.07) is 10.1. The summed E-state index contributed by atoms with van der Waals surface area (Å²) in [4.78, 5) is 2.29. The molecule has 1 aromatic carbocycles. The third-order valence-corrected chi connectivity index (χ3v) is 3.23. The zero-order valence-corrected chi connectivity index (χ0v) is 10.9. The van der Waals surface area contributed by atoms with Crippen LogP contribution in [0.4, 0.5) is 5.69 Å². The van der Waals surface area contributed by atoms with E-state index in [1.807, 2.05) is 24.3 Å². The van der Waals surface area contributed by atoms with Gasteiger partial charge in [0.1, 0.15) is 6.07 Å². The van der Waals surface area contributed by atoms with Crippen LogP contribution in [0.25, 0.3) is 0 Å². The van der Waals surface area contributed by atoms with Gasteiger partial charge in [-0.25, -0.2) is 5.01 Å². The van der Waals surface area contributed by atoms with Gasteiger partial charge in [-0.1, -0.05) is 19.1 Å². The second-order valence-corrected chi connectivity index (χ2v) is 4.51. The van der Waals surface area contributed by atoms with Crippen molar-refractivity contribution < 1.29 is 0 Å². The third kappa shape index (κ3) is 3.00. The van der Waals surface area contributed by atoms with Crippen molar-refractivity contribution in [3.63, 3.8) is 0 Å². The third-order valence-electron chi connectivity index (χ3n) is 3.23. The van der Waals surface area contributed by atoms with E-state index in [-0.39, 0.29) is 0 Å². The van der Waals surface area contributed by atoms with Gasteiger partial charge in [-0.15, -0.1) is 0 Å². The molecule has 4 heteroatoms. The Labute approximate surface area is 109 Å². The van der Waals surface area contributed by atoms with E-state index in [2.05, 4.69) is 28.3 Å². The molecule has 0 radical (unpaired) electrons. The van der Waals surface area contributed by atoms with Crippen LogP contribution in [0.3, 0.4) is 0 Å². The molecular weight excluding hydrogens is 224 g/mol. The number of hydrogen-bond acceptors (Lipinski definition) is 4. The normalized spacial score (nSPS) is 16.6. The Morgan fingerprint density at radius 1 is 1.22 bits per heavy atom. The fraction of sp³-hybridized carbons (Fsp3) is 0.500. The molecule has 1 aromatic rings. The number of benzene rings is 1. The number of nitrogens with one attached hydrogen (secondary N) is 1. The van der Waals surface area contributed by atoms with Crippen LogP contribution in [-0.2, 0) is 0 Å². The predicted molar refractivity (Wildman–Crippen MR) is 73.2 cm³/mol. The minimum atomic E-state index is 0.771. The summed E-state index contributed by atoms with van der Waals surface area (Å²) in [6.07, 6.45) is 1.15. The van der Waals surface area contributed by atoms with Crippen molar-refractivity contribution >= 4 is 5.69 Å². The van der Waals surface area contributed by atoms with E-state index in [0.717, 1.165) is 50.4 Å². The van der Waals surface area contributed by atoms with Crippen molar-refractivity contribution in [3.8, 4) is 6.07 Å². The number of nitriles is 1. The fourth-order valence-electron chi connectivity index (χ4n) is 2.22. The number of anilines is 1. The first-order chi connectivity index (χ1) is 8.85. The van der Waals surface area contributed by atoms with Crippen molar-refractivity contribution in [2.24, 2.45) is 0 Å². The van der Waals surface area contributed by atoms with E-state index < -0.39 is 0 Å². The number of para-hydroxylation sites is 1.